The summed E-state index contributed by atoms with van der Waals surface area (Å²) in [5.41, 5.74) is 5.15. The molecule has 1 aromatic carbocycles. The minimum Gasteiger partial charge on any atom is -0.469 e. The van der Waals surface area contributed by atoms with E-state index in [9.17, 15) is 13.6 Å². The summed E-state index contributed by atoms with van der Waals surface area (Å²) >= 11 is 0. The van der Waals surface area contributed by atoms with E-state index in [1.807, 2.05) is 0 Å². The van der Waals surface area contributed by atoms with Gasteiger partial charge in [-0.05, 0) is 37.1 Å². The van der Waals surface area contributed by atoms with Gasteiger partial charge in [0.1, 0.15) is 11.6 Å². The molecule has 0 saturated carbocycles. The molecule has 0 radical (unpaired) electrons. The molecule has 0 aliphatic carbocycles. The average Bonchev–Trinajstić information content (AvgIpc) is 2.33. The van der Waals surface area contributed by atoms with Gasteiger partial charge in [-0.15, -0.1) is 0 Å². The van der Waals surface area contributed by atoms with Crippen molar-refractivity contribution in [1.82, 2.24) is 0 Å². The van der Waals surface area contributed by atoms with E-state index in [4.69, 9.17) is 5.73 Å². The molecule has 2 atom stereocenters. The van der Waals surface area contributed by atoms with Gasteiger partial charge < -0.3 is 10.5 Å². The van der Waals surface area contributed by atoms with E-state index >= 15 is 0 Å². The molecule has 0 saturated heterocycles. The first-order chi connectivity index (χ1) is 8.72. The Hall–Kier alpha value is -1.49. The second kappa shape index (κ2) is 5.65. The molecule has 0 aliphatic heterocycles. The number of ether oxygens (including phenoxy) is 1. The fourth-order valence-electron chi connectivity index (χ4n) is 1.96. The number of hydrogen-bond donors (Lipinski definition) is 1. The lowest BCUT2D eigenvalue weighted by molar-refractivity contribution is -0.142. The molecule has 0 aromatic heterocycles. The summed E-state index contributed by atoms with van der Waals surface area (Å²) < 4.78 is 32.3. The van der Waals surface area contributed by atoms with E-state index in [1.54, 1.807) is 13.8 Å². The normalized spacial score (nSPS) is 15.7. The van der Waals surface area contributed by atoms with E-state index < -0.39 is 29.1 Å². The van der Waals surface area contributed by atoms with Gasteiger partial charge in [0.2, 0.25) is 0 Å². The van der Waals surface area contributed by atoms with Crippen molar-refractivity contribution in [1.29, 1.82) is 0 Å². The second-order valence-corrected chi connectivity index (χ2v) is 5.04. The first-order valence-corrected chi connectivity index (χ1v) is 6.01. The standard InChI is InChI=1S/C14H19F2NO2/c1-8-5-12(16)10(6-11(8)15)14(3,9(2)17)7-13(18)19-4/h5-6,9H,7,17H2,1-4H3. The number of benzene rings is 1. The van der Waals surface area contributed by atoms with E-state index in [0.717, 1.165) is 12.1 Å². The number of halogens is 2. The number of rotatable bonds is 4. The topological polar surface area (TPSA) is 52.3 Å². The van der Waals surface area contributed by atoms with Crippen LogP contribution in [0, 0.1) is 18.6 Å². The lowest BCUT2D eigenvalue weighted by Crippen LogP contribution is -2.43. The van der Waals surface area contributed by atoms with Crippen LogP contribution in [0.1, 0.15) is 31.4 Å². The number of esters is 1. The summed E-state index contributed by atoms with van der Waals surface area (Å²) in [5.74, 6) is -1.60. The highest BCUT2D eigenvalue weighted by atomic mass is 19.1. The van der Waals surface area contributed by atoms with Crippen molar-refractivity contribution < 1.29 is 18.3 Å². The molecule has 19 heavy (non-hydrogen) atoms. The molecule has 2 N–H and O–H groups in total. The van der Waals surface area contributed by atoms with Crippen LogP contribution in [0.4, 0.5) is 8.78 Å². The molecule has 0 amide bonds. The highest BCUT2D eigenvalue weighted by molar-refractivity contribution is 5.71. The molecule has 2 unspecified atom stereocenters. The van der Waals surface area contributed by atoms with Crippen LogP contribution in [0.3, 0.4) is 0 Å². The van der Waals surface area contributed by atoms with Crippen LogP contribution in [0.25, 0.3) is 0 Å². The monoisotopic (exact) mass is 271 g/mol. The zero-order valence-electron chi connectivity index (χ0n) is 11.6. The van der Waals surface area contributed by atoms with Crippen molar-refractivity contribution in [3.8, 4) is 0 Å². The number of carbonyl (C=O) groups is 1. The predicted molar refractivity (Wildman–Crippen MR) is 68.7 cm³/mol. The van der Waals surface area contributed by atoms with E-state index in [2.05, 4.69) is 4.74 Å². The van der Waals surface area contributed by atoms with Crippen molar-refractivity contribution in [3.63, 3.8) is 0 Å². The number of nitrogens with two attached hydrogens (primary N) is 1. The van der Waals surface area contributed by atoms with Crippen LogP contribution in [0.15, 0.2) is 12.1 Å². The Morgan fingerprint density at radius 2 is 2.00 bits per heavy atom. The molecule has 5 heteroatoms. The maximum atomic E-state index is 14.1. The summed E-state index contributed by atoms with van der Waals surface area (Å²) in [7, 11) is 1.25. The van der Waals surface area contributed by atoms with Crippen LogP contribution >= 0.6 is 0 Å². The summed E-state index contributed by atoms with van der Waals surface area (Å²) in [4.78, 5) is 11.5. The molecular weight excluding hydrogens is 252 g/mol. The molecule has 0 aliphatic rings. The molecule has 0 spiro atoms. The summed E-state index contributed by atoms with van der Waals surface area (Å²) in [6.45, 7) is 4.76. The second-order valence-electron chi connectivity index (χ2n) is 5.04. The predicted octanol–water partition coefficient (Wildman–Crippen LogP) is 2.44. The minimum atomic E-state index is -1.02. The van der Waals surface area contributed by atoms with Gasteiger partial charge in [0.25, 0.3) is 0 Å². The van der Waals surface area contributed by atoms with Gasteiger partial charge in [-0.1, -0.05) is 6.92 Å². The minimum absolute atomic E-state index is 0.0935. The third-order valence-corrected chi connectivity index (χ3v) is 3.61. The zero-order chi connectivity index (χ0) is 14.8. The summed E-state index contributed by atoms with van der Waals surface area (Å²) in [6.07, 6.45) is -0.111. The Morgan fingerprint density at radius 3 is 2.47 bits per heavy atom. The highest BCUT2D eigenvalue weighted by Crippen LogP contribution is 2.34. The van der Waals surface area contributed by atoms with Crippen LogP contribution in [0.5, 0.6) is 0 Å². The summed E-state index contributed by atoms with van der Waals surface area (Å²) in [5, 5.41) is 0. The van der Waals surface area contributed by atoms with Crippen LogP contribution in [-0.4, -0.2) is 19.1 Å². The zero-order valence-corrected chi connectivity index (χ0v) is 11.6. The number of methoxy groups -OCH3 is 1. The Labute approximate surface area is 111 Å². The van der Waals surface area contributed by atoms with Gasteiger partial charge in [0.15, 0.2) is 0 Å². The van der Waals surface area contributed by atoms with Crippen molar-refractivity contribution in [2.45, 2.75) is 38.6 Å². The van der Waals surface area contributed by atoms with Crippen molar-refractivity contribution in [2.75, 3.05) is 7.11 Å². The molecule has 0 heterocycles. The Balaban J connectivity index is 3.34. The molecule has 106 valence electrons. The number of hydrogen-bond acceptors (Lipinski definition) is 3. The Morgan fingerprint density at radius 1 is 1.42 bits per heavy atom. The van der Waals surface area contributed by atoms with E-state index in [-0.39, 0.29) is 17.5 Å². The van der Waals surface area contributed by atoms with Gasteiger partial charge in [-0.2, -0.15) is 0 Å². The Bertz CT molecular complexity index is 489. The third-order valence-electron chi connectivity index (χ3n) is 3.61. The Kier molecular flexibility index (Phi) is 4.63. The average molecular weight is 271 g/mol. The summed E-state index contributed by atoms with van der Waals surface area (Å²) in [6, 6.07) is 1.68. The fraction of sp³-hybridized carbons (Fsp3) is 0.500. The smallest absolute Gasteiger partial charge is 0.306 e. The molecule has 0 fully saturated rings. The first kappa shape index (κ1) is 15.6. The maximum Gasteiger partial charge on any atom is 0.306 e. The lowest BCUT2D eigenvalue weighted by Gasteiger charge is -2.33. The first-order valence-electron chi connectivity index (χ1n) is 6.01. The molecule has 3 nitrogen and oxygen atoms in total. The van der Waals surface area contributed by atoms with Crippen molar-refractivity contribution in [3.05, 3.63) is 34.9 Å². The van der Waals surface area contributed by atoms with Gasteiger partial charge in [0, 0.05) is 11.5 Å². The van der Waals surface area contributed by atoms with E-state index in [1.165, 1.54) is 14.0 Å². The van der Waals surface area contributed by atoms with Crippen LogP contribution in [-0.2, 0) is 14.9 Å². The van der Waals surface area contributed by atoms with Crippen molar-refractivity contribution >= 4 is 5.97 Å². The third kappa shape index (κ3) is 3.10. The van der Waals surface area contributed by atoms with Crippen LogP contribution < -0.4 is 5.73 Å². The van der Waals surface area contributed by atoms with Gasteiger partial charge in [-0.3, -0.25) is 4.79 Å². The van der Waals surface area contributed by atoms with Crippen LogP contribution in [0.2, 0.25) is 0 Å². The number of carbonyl (C=O) groups excluding carboxylic acids is 1. The lowest BCUT2D eigenvalue weighted by atomic mass is 9.73. The quantitative estimate of drug-likeness (QED) is 0.856. The van der Waals surface area contributed by atoms with Crippen molar-refractivity contribution in [2.24, 2.45) is 5.73 Å². The fourth-order valence-corrected chi connectivity index (χ4v) is 1.96. The molecular formula is C14H19F2NO2. The number of aryl methyl sites for hydroxylation is 1. The van der Waals surface area contributed by atoms with Gasteiger partial charge in [0.05, 0.1) is 13.5 Å². The highest BCUT2D eigenvalue weighted by Gasteiger charge is 2.37. The maximum absolute atomic E-state index is 14.1. The van der Waals surface area contributed by atoms with E-state index in [0.29, 0.717) is 0 Å². The molecule has 0 bridgehead atoms. The largest absolute Gasteiger partial charge is 0.469 e. The van der Waals surface area contributed by atoms with Gasteiger partial charge >= 0.3 is 5.97 Å². The van der Waals surface area contributed by atoms with Gasteiger partial charge in [-0.25, -0.2) is 8.78 Å². The SMILES string of the molecule is COC(=O)CC(C)(c1cc(F)c(C)cc1F)C(C)N. The molecule has 1 aromatic rings. The molecule has 1 rings (SSSR count).